The van der Waals surface area contributed by atoms with Gasteiger partial charge < -0.3 is 14.6 Å². The Kier molecular flexibility index (Phi) is 6.14. The summed E-state index contributed by atoms with van der Waals surface area (Å²) < 4.78 is 11.3. The third kappa shape index (κ3) is 3.58. The molecule has 0 radical (unpaired) electrons. The number of aromatic nitrogens is 2. The number of hydrogen-bond donors (Lipinski definition) is 1. The van der Waals surface area contributed by atoms with Crippen molar-refractivity contribution in [2.24, 2.45) is 5.92 Å². The maximum atomic E-state index is 5.80. The van der Waals surface area contributed by atoms with E-state index >= 15 is 0 Å². The van der Waals surface area contributed by atoms with Crippen LogP contribution >= 0.6 is 0 Å². The molecule has 0 bridgehead atoms. The minimum absolute atomic E-state index is 0.198. The number of ether oxygens (including phenoxy) is 1. The molecule has 3 unspecified atom stereocenters. The molecule has 0 aliphatic heterocycles. The zero-order valence-electron chi connectivity index (χ0n) is 13.9. The molecular weight excluding hydrogens is 254 g/mol. The summed E-state index contributed by atoms with van der Waals surface area (Å²) in [6.45, 7) is 13.2. The van der Waals surface area contributed by atoms with E-state index < -0.39 is 5.60 Å². The summed E-state index contributed by atoms with van der Waals surface area (Å²) in [6, 6.07) is 0.281. The summed E-state index contributed by atoms with van der Waals surface area (Å²) in [5, 5.41) is 7.43. The van der Waals surface area contributed by atoms with Gasteiger partial charge in [-0.1, -0.05) is 25.9 Å². The fourth-order valence-electron chi connectivity index (χ4n) is 2.48. The normalized spacial score (nSPS) is 18.0. The first-order valence-electron chi connectivity index (χ1n) is 7.54. The molecule has 0 aliphatic carbocycles. The van der Waals surface area contributed by atoms with Gasteiger partial charge in [0, 0.05) is 12.6 Å². The Bertz CT molecular complexity index is 406. The third-order valence-corrected chi connectivity index (χ3v) is 4.05. The van der Waals surface area contributed by atoms with E-state index in [2.05, 4.69) is 43.2 Å². The van der Waals surface area contributed by atoms with Crippen molar-refractivity contribution in [2.45, 2.75) is 65.5 Å². The van der Waals surface area contributed by atoms with E-state index in [0.29, 0.717) is 24.2 Å². The van der Waals surface area contributed by atoms with Crippen molar-refractivity contribution < 1.29 is 9.26 Å². The van der Waals surface area contributed by atoms with Gasteiger partial charge in [-0.2, -0.15) is 4.98 Å². The Morgan fingerprint density at radius 2 is 1.95 bits per heavy atom. The van der Waals surface area contributed by atoms with Gasteiger partial charge in [-0.15, -0.1) is 0 Å². The van der Waals surface area contributed by atoms with E-state index in [1.165, 1.54) is 0 Å². The van der Waals surface area contributed by atoms with Gasteiger partial charge in [0.25, 0.3) is 0 Å². The standard InChI is InChI=1S/C15H29N3O2/c1-8-15(6,19-9-2)14-17-13(20-18-14)12(10(3)4)11(5)16-7/h10-12,16H,8-9H2,1-7H3. The summed E-state index contributed by atoms with van der Waals surface area (Å²) in [5.74, 6) is 1.96. The van der Waals surface area contributed by atoms with Crippen LogP contribution in [0.3, 0.4) is 0 Å². The number of nitrogens with zero attached hydrogens (tertiary/aromatic N) is 2. The second-order valence-corrected chi connectivity index (χ2v) is 5.82. The highest BCUT2D eigenvalue weighted by atomic mass is 16.5. The molecule has 0 aliphatic rings. The van der Waals surface area contributed by atoms with Crippen LogP contribution in [0.25, 0.3) is 0 Å². The van der Waals surface area contributed by atoms with Crippen molar-refractivity contribution in [1.29, 1.82) is 0 Å². The van der Waals surface area contributed by atoms with Crippen LogP contribution in [-0.2, 0) is 10.3 Å². The lowest BCUT2D eigenvalue weighted by Gasteiger charge is -2.25. The van der Waals surface area contributed by atoms with E-state index in [4.69, 9.17) is 9.26 Å². The van der Waals surface area contributed by atoms with Crippen LogP contribution in [0.1, 0.15) is 65.6 Å². The average Bonchev–Trinajstić information content (AvgIpc) is 2.88. The minimum atomic E-state index is -0.471. The predicted octanol–water partition coefficient (Wildman–Crippen LogP) is 3.08. The third-order valence-electron chi connectivity index (χ3n) is 4.05. The highest BCUT2D eigenvalue weighted by Crippen LogP contribution is 2.31. The molecule has 1 rings (SSSR count). The van der Waals surface area contributed by atoms with Gasteiger partial charge in [-0.3, -0.25) is 0 Å². The Morgan fingerprint density at radius 1 is 1.30 bits per heavy atom. The summed E-state index contributed by atoms with van der Waals surface area (Å²) >= 11 is 0. The average molecular weight is 283 g/mol. The molecular formula is C15H29N3O2. The van der Waals surface area contributed by atoms with Gasteiger partial charge in [0.1, 0.15) is 5.60 Å². The van der Waals surface area contributed by atoms with Crippen molar-refractivity contribution in [3.05, 3.63) is 11.7 Å². The van der Waals surface area contributed by atoms with Gasteiger partial charge >= 0.3 is 0 Å². The van der Waals surface area contributed by atoms with Crippen molar-refractivity contribution >= 4 is 0 Å². The quantitative estimate of drug-likeness (QED) is 0.794. The SMILES string of the molecule is CCOC(C)(CC)c1noc(C(C(C)C)C(C)NC)n1. The van der Waals surface area contributed by atoms with Gasteiger partial charge in [0.05, 0.1) is 5.92 Å². The van der Waals surface area contributed by atoms with Gasteiger partial charge in [0.2, 0.25) is 11.7 Å². The minimum Gasteiger partial charge on any atom is -0.367 e. The van der Waals surface area contributed by atoms with Crippen LogP contribution in [0.5, 0.6) is 0 Å². The molecule has 20 heavy (non-hydrogen) atoms. The number of nitrogens with one attached hydrogen (secondary N) is 1. The molecule has 0 fully saturated rings. The first-order valence-corrected chi connectivity index (χ1v) is 7.54. The van der Waals surface area contributed by atoms with Crippen LogP contribution in [-0.4, -0.2) is 29.8 Å². The summed E-state index contributed by atoms with van der Waals surface area (Å²) in [6.07, 6.45) is 0.813. The van der Waals surface area contributed by atoms with E-state index in [1.807, 2.05) is 20.9 Å². The fourth-order valence-corrected chi connectivity index (χ4v) is 2.48. The second-order valence-electron chi connectivity index (χ2n) is 5.82. The van der Waals surface area contributed by atoms with Crippen molar-refractivity contribution in [2.75, 3.05) is 13.7 Å². The van der Waals surface area contributed by atoms with Crippen LogP contribution in [0.4, 0.5) is 0 Å². The number of rotatable bonds is 8. The lowest BCUT2D eigenvalue weighted by Crippen LogP contribution is -2.32. The molecule has 0 saturated carbocycles. The van der Waals surface area contributed by atoms with Crippen molar-refractivity contribution in [3.63, 3.8) is 0 Å². The molecule has 0 amide bonds. The molecule has 0 aromatic carbocycles. The van der Waals surface area contributed by atoms with Crippen LogP contribution in [0, 0.1) is 5.92 Å². The molecule has 1 heterocycles. The largest absolute Gasteiger partial charge is 0.367 e. The topological polar surface area (TPSA) is 60.2 Å². The van der Waals surface area contributed by atoms with Gasteiger partial charge in [-0.25, -0.2) is 0 Å². The first-order chi connectivity index (χ1) is 9.39. The molecule has 0 spiro atoms. The van der Waals surface area contributed by atoms with E-state index in [9.17, 15) is 0 Å². The zero-order valence-corrected chi connectivity index (χ0v) is 13.9. The molecule has 1 aromatic rings. The first kappa shape index (κ1) is 17.1. The molecule has 3 atom stereocenters. The van der Waals surface area contributed by atoms with Crippen LogP contribution in [0.15, 0.2) is 4.52 Å². The second kappa shape index (κ2) is 7.18. The summed E-state index contributed by atoms with van der Waals surface area (Å²) in [4.78, 5) is 4.62. The van der Waals surface area contributed by atoms with E-state index in [-0.39, 0.29) is 12.0 Å². The lowest BCUT2D eigenvalue weighted by molar-refractivity contribution is -0.0403. The monoisotopic (exact) mass is 283 g/mol. The van der Waals surface area contributed by atoms with Gasteiger partial charge in [0.15, 0.2) is 0 Å². The van der Waals surface area contributed by atoms with E-state index in [1.54, 1.807) is 0 Å². The highest BCUT2D eigenvalue weighted by Gasteiger charge is 2.34. The molecule has 116 valence electrons. The molecule has 1 N–H and O–H groups in total. The number of hydrogen-bond acceptors (Lipinski definition) is 5. The maximum Gasteiger partial charge on any atom is 0.231 e. The van der Waals surface area contributed by atoms with Gasteiger partial charge in [-0.05, 0) is 40.2 Å². The summed E-state index contributed by atoms with van der Waals surface area (Å²) in [5.41, 5.74) is -0.471. The lowest BCUT2D eigenvalue weighted by atomic mass is 9.89. The fraction of sp³-hybridized carbons (Fsp3) is 0.867. The molecule has 0 saturated heterocycles. The Labute approximate surface area is 122 Å². The van der Waals surface area contributed by atoms with Crippen LogP contribution in [0.2, 0.25) is 0 Å². The maximum absolute atomic E-state index is 5.80. The smallest absolute Gasteiger partial charge is 0.231 e. The Balaban J connectivity index is 3.05. The molecule has 5 heteroatoms. The van der Waals surface area contributed by atoms with Crippen molar-refractivity contribution in [3.8, 4) is 0 Å². The Hall–Kier alpha value is -0.940. The molecule has 5 nitrogen and oxygen atoms in total. The van der Waals surface area contributed by atoms with Crippen molar-refractivity contribution in [1.82, 2.24) is 15.5 Å². The predicted molar refractivity (Wildman–Crippen MR) is 79.7 cm³/mol. The molecule has 1 aromatic heterocycles. The highest BCUT2D eigenvalue weighted by molar-refractivity contribution is 5.04. The van der Waals surface area contributed by atoms with Crippen LogP contribution < -0.4 is 5.32 Å². The Morgan fingerprint density at radius 3 is 2.40 bits per heavy atom. The number of likely N-dealkylation sites (N-methyl/N-ethyl adjacent to an activating group) is 1. The summed E-state index contributed by atoms with van der Waals surface area (Å²) in [7, 11) is 1.95. The zero-order chi connectivity index (χ0) is 15.3. The van der Waals surface area contributed by atoms with E-state index in [0.717, 1.165) is 6.42 Å².